The van der Waals surface area contributed by atoms with Crippen molar-refractivity contribution in [3.63, 3.8) is 0 Å². The van der Waals surface area contributed by atoms with Gasteiger partial charge in [-0.05, 0) is 86.4 Å². The number of hydrogen-bond donors (Lipinski definition) is 0. The molecule has 1 saturated carbocycles. The van der Waals surface area contributed by atoms with Crippen LogP contribution in [-0.2, 0) is 19.1 Å². The van der Waals surface area contributed by atoms with E-state index in [9.17, 15) is 14.4 Å². The third-order valence-electron chi connectivity index (χ3n) is 7.63. The number of ketones is 2. The van der Waals surface area contributed by atoms with Gasteiger partial charge in [0.05, 0.1) is 11.3 Å². The van der Waals surface area contributed by atoms with Crippen molar-refractivity contribution < 1.29 is 19.1 Å². The molecule has 1 aliphatic carbocycles. The quantitative estimate of drug-likeness (QED) is 0.568. The van der Waals surface area contributed by atoms with Crippen LogP contribution in [0.1, 0.15) is 60.8 Å². The second-order valence-electron chi connectivity index (χ2n) is 9.96. The maximum absolute atomic E-state index is 13.3. The molecule has 2 aromatic rings. The van der Waals surface area contributed by atoms with Crippen molar-refractivity contribution in [2.45, 2.75) is 52.4 Å². The molecule has 7 heteroatoms. The van der Waals surface area contributed by atoms with Crippen LogP contribution in [0.2, 0.25) is 0 Å². The highest BCUT2D eigenvalue weighted by Gasteiger charge is 2.41. The number of pyridine rings is 1. The van der Waals surface area contributed by atoms with Gasteiger partial charge in [0.2, 0.25) is 5.91 Å². The molecule has 0 radical (unpaired) electrons. The van der Waals surface area contributed by atoms with Crippen molar-refractivity contribution in [3.05, 3.63) is 52.7 Å². The molecule has 2 heterocycles. The van der Waals surface area contributed by atoms with Crippen LogP contribution in [0.25, 0.3) is 11.3 Å². The molecular formula is C29H33N3O4. The van der Waals surface area contributed by atoms with Crippen LogP contribution >= 0.6 is 0 Å². The Labute approximate surface area is 212 Å². The first-order valence-corrected chi connectivity index (χ1v) is 12.7. The predicted molar refractivity (Wildman–Crippen MR) is 135 cm³/mol. The maximum atomic E-state index is 13.3. The minimum absolute atomic E-state index is 0.00144. The van der Waals surface area contributed by atoms with Gasteiger partial charge in [0, 0.05) is 44.3 Å². The lowest BCUT2D eigenvalue weighted by Gasteiger charge is -2.38. The van der Waals surface area contributed by atoms with Crippen molar-refractivity contribution >= 4 is 17.5 Å². The largest absolute Gasteiger partial charge is 0.372 e. The van der Waals surface area contributed by atoms with Gasteiger partial charge in [-0.25, -0.2) is 0 Å². The fourth-order valence-electron chi connectivity index (χ4n) is 5.77. The number of likely N-dealkylation sites (tertiary alicyclic amines) is 1. The molecule has 0 bridgehead atoms. The first kappa shape index (κ1) is 25.7. The molecule has 2 fully saturated rings. The third-order valence-corrected chi connectivity index (χ3v) is 7.63. The van der Waals surface area contributed by atoms with E-state index >= 15 is 0 Å². The molecule has 0 N–H and O–H groups in total. The summed E-state index contributed by atoms with van der Waals surface area (Å²) < 4.78 is 5.24. The highest BCUT2D eigenvalue weighted by molar-refractivity contribution is 6.10. The highest BCUT2D eigenvalue weighted by atomic mass is 16.5. The molecule has 2 aliphatic rings. The molecule has 1 aliphatic heterocycles. The molecule has 188 valence electrons. The normalized spacial score (nSPS) is 20.9. The van der Waals surface area contributed by atoms with Gasteiger partial charge in [-0.15, -0.1) is 0 Å². The topological polar surface area (TPSA) is 100 Å². The minimum atomic E-state index is -0.711. The molecule has 4 rings (SSSR count). The number of rotatable bonds is 6. The first-order valence-electron chi connectivity index (χ1n) is 12.7. The number of aryl methyl sites for hydroxylation is 2. The van der Waals surface area contributed by atoms with E-state index in [2.05, 4.69) is 11.1 Å². The monoisotopic (exact) mass is 487 g/mol. The van der Waals surface area contributed by atoms with Gasteiger partial charge < -0.3 is 9.64 Å². The zero-order valence-corrected chi connectivity index (χ0v) is 21.3. The number of ether oxygens (including phenoxy) is 1. The van der Waals surface area contributed by atoms with E-state index < -0.39 is 5.92 Å². The summed E-state index contributed by atoms with van der Waals surface area (Å²) in [6, 6.07) is 9.55. The van der Waals surface area contributed by atoms with Crippen LogP contribution in [0.5, 0.6) is 0 Å². The third kappa shape index (κ3) is 5.39. The van der Waals surface area contributed by atoms with Crippen molar-refractivity contribution in [2.75, 3.05) is 26.3 Å². The Morgan fingerprint density at radius 2 is 1.72 bits per heavy atom. The summed E-state index contributed by atoms with van der Waals surface area (Å²) in [6.45, 7) is 7.69. The van der Waals surface area contributed by atoms with E-state index in [1.54, 1.807) is 12.3 Å². The molecule has 36 heavy (non-hydrogen) atoms. The summed E-state index contributed by atoms with van der Waals surface area (Å²) in [5.74, 6) is -0.368. The van der Waals surface area contributed by atoms with Crippen LogP contribution in [-0.4, -0.2) is 53.7 Å². The predicted octanol–water partition coefficient (Wildman–Crippen LogP) is 4.14. The van der Waals surface area contributed by atoms with Crippen LogP contribution in [0.4, 0.5) is 0 Å². The average molecular weight is 488 g/mol. The van der Waals surface area contributed by atoms with Gasteiger partial charge in [0.25, 0.3) is 0 Å². The lowest BCUT2D eigenvalue weighted by molar-refractivity contribution is -0.139. The summed E-state index contributed by atoms with van der Waals surface area (Å²) in [6.07, 6.45) is 4.00. The van der Waals surface area contributed by atoms with E-state index in [1.165, 1.54) is 0 Å². The number of benzene rings is 1. The highest BCUT2D eigenvalue weighted by Crippen LogP contribution is 2.40. The van der Waals surface area contributed by atoms with Crippen molar-refractivity contribution in [2.24, 2.45) is 11.8 Å². The molecular weight excluding hydrogens is 454 g/mol. The molecule has 1 saturated heterocycles. The smallest absolute Gasteiger partial charge is 0.248 e. The fourth-order valence-corrected chi connectivity index (χ4v) is 5.77. The summed E-state index contributed by atoms with van der Waals surface area (Å²) in [7, 11) is 0. The Morgan fingerprint density at radius 1 is 1.08 bits per heavy atom. The van der Waals surface area contributed by atoms with Crippen LogP contribution in [0.3, 0.4) is 0 Å². The number of carbonyl (C=O) groups excluding carboxylic acids is 3. The summed E-state index contributed by atoms with van der Waals surface area (Å²) >= 11 is 0. The SMILES string of the molecule is CCOCC(=O)N1CCC(C2CC(=O)C(c3c(C)cc(-c4ccc(C#N)cn4)cc3C)C(=O)C2)CC1. The van der Waals surface area contributed by atoms with Crippen LogP contribution in [0.15, 0.2) is 30.5 Å². The Bertz CT molecular complexity index is 1150. The molecule has 0 spiro atoms. The molecule has 1 aromatic heterocycles. The average Bonchev–Trinajstić information content (AvgIpc) is 2.88. The minimum Gasteiger partial charge on any atom is -0.372 e. The standard InChI is InChI=1S/C29H33N3O4/c1-4-36-17-27(35)32-9-7-21(8-10-32)22-13-25(33)29(26(34)14-22)28-18(2)11-23(12-19(28)3)24-6-5-20(15-30)16-31-24/h5-6,11-12,16,21-22,29H,4,7-10,13-14,17H2,1-3H3. The second-order valence-corrected chi connectivity index (χ2v) is 9.96. The number of nitriles is 1. The first-order chi connectivity index (χ1) is 17.3. The zero-order chi connectivity index (χ0) is 25.8. The molecule has 1 amide bonds. The number of hydrogen-bond acceptors (Lipinski definition) is 6. The van der Waals surface area contributed by atoms with Gasteiger partial charge in [0.1, 0.15) is 30.2 Å². The lowest BCUT2D eigenvalue weighted by atomic mass is 9.69. The number of amides is 1. The van der Waals surface area contributed by atoms with Gasteiger partial charge in [0.15, 0.2) is 0 Å². The number of piperidine rings is 1. The Hall–Kier alpha value is -3.37. The Morgan fingerprint density at radius 3 is 2.25 bits per heavy atom. The number of nitrogens with zero attached hydrogens (tertiary/aromatic N) is 3. The van der Waals surface area contributed by atoms with Crippen molar-refractivity contribution in [1.29, 1.82) is 5.26 Å². The van der Waals surface area contributed by atoms with E-state index in [0.717, 1.165) is 40.8 Å². The van der Waals surface area contributed by atoms with Crippen LogP contribution in [0, 0.1) is 37.0 Å². The van der Waals surface area contributed by atoms with Gasteiger partial charge in [-0.1, -0.05) is 0 Å². The molecule has 7 nitrogen and oxygen atoms in total. The van der Waals surface area contributed by atoms with Crippen LogP contribution < -0.4 is 0 Å². The molecule has 0 atom stereocenters. The van der Waals surface area contributed by atoms with E-state index in [4.69, 9.17) is 10.00 Å². The molecule has 1 aromatic carbocycles. The van der Waals surface area contributed by atoms with E-state index in [0.29, 0.717) is 38.1 Å². The summed E-state index contributed by atoms with van der Waals surface area (Å²) in [5.41, 5.74) is 4.78. The second kappa shape index (κ2) is 11.1. The lowest BCUT2D eigenvalue weighted by Crippen LogP contribution is -2.43. The number of Topliss-reactive ketones (excluding diaryl/α,β-unsaturated/α-hetero) is 2. The van der Waals surface area contributed by atoms with Crippen molar-refractivity contribution in [3.8, 4) is 17.3 Å². The molecule has 0 unspecified atom stereocenters. The van der Waals surface area contributed by atoms with Gasteiger partial charge in [-0.3, -0.25) is 19.4 Å². The Balaban J connectivity index is 1.44. The van der Waals surface area contributed by atoms with Gasteiger partial charge in [-0.2, -0.15) is 5.26 Å². The fraction of sp³-hybridized carbons (Fsp3) is 0.483. The summed E-state index contributed by atoms with van der Waals surface area (Å²) in [5, 5.41) is 9.01. The maximum Gasteiger partial charge on any atom is 0.248 e. The Kier molecular flexibility index (Phi) is 7.95. The number of aromatic nitrogens is 1. The van der Waals surface area contributed by atoms with Gasteiger partial charge >= 0.3 is 0 Å². The summed E-state index contributed by atoms with van der Waals surface area (Å²) in [4.78, 5) is 45.1. The number of carbonyl (C=O) groups is 3. The zero-order valence-electron chi connectivity index (χ0n) is 21.3. The van der Waals surface area contributed by atoms with E-state index in [-0.39, 0.29) is 35.9 Å². The van der Waals surface area contributed by atoms with Crippen molar-refractivity contribution in [1.82, 2.24) is 9.88 Å². The van der Waals surface area contributed by atoms with E-state index in [1.807, 2.05) is 43.9 Å².